The second kappa shape index (κ2) is 5.26. The van der Waals surface area contributed by atoms with Crippen molar-refractivity contribution in [3.05, 3.63) is 59.7 Å². The van der Waals surface area contributed by atoms with Gasteiger partial charge in [0.25, 0.3) is 5.91 Å². The summed E-state index contributed by atoms with van der Waals surface area (Å²) in [6.45, 7) is 0. The predicted octanol–water partition coefficient (Wildman–Crippen LogP) is 3.79. The first kappa shape index (κ1) is 12.6. The zero-order chi connectivity index (χ0) is 13.9. The molecule has 0 radical (unpaired) electrons. The molecular weight excluding hydrogens is 279 g/mol. The number of rotatable bonds is 3. The zero-order valence-corrected chi connectivity index (χ0v) is 11.0. The molecule has 6 heteroatoms. The lowest BCUT2D eigenvalue weighted by Crippen LogP contribution is -2.14. The minimum atomic E-state index is -0.507. The summed E-state index contributed by atoms with van der Waals surface area (Å²) in [6.07, 6.45) is 1.20. The summed E-state index contributed by atoms with van der Waals surface area (Å²) < 4.78 is 18.8. The second-order valence-electron chi connectivity index (χ2n) is 3.94. The molecule has 0 atom stereocenters. The van der Waals surface area contributed by atoms with Crippen LogP contribution in [0.3, 0.4) is 0 Å². The molecule has 2 aromatic heterocycles. The highest BCUT2D eigenvalue weighted by molar-refractivity contribution is 7.13. The van der Waals surface area contributed by atoms with E-state index in [-0.39, 0.29) is 11.4 Å². The average molecular weight is 288 g/mol. The number of anilines is 1. The van der Waals surface area contributed by atoms with Gasteiger partial charge in [0, 0.05) is 0 Å². The molecule has 2 heterocycles. The Morgan fingerprint density at radius 2 is 2.10 bits per heavy atom. The number of aromatic nitrogens is 1. The van der Waals surface area contributed by atoms with E-state index in [1.165, 1.54) is 29.9 Å². The number of benzene rings is 1. The fourth-order valence-electron chi connectivity index (χ4n) is 1.73. The van der Waals surface area contributed by atoms with Crippen molar-refractivity contribution in [3.8, 4) is 10.6 Å². The van der Waals surface area contributed by atoms with Gasteiger partial charge < -0.3 is 9.73 Å². The summed E-state index contributed by atoms with van der Waals surface area (Å²) in [5.74, 6) is -0.622. The minimum absolute atomic E-state index is 0.109. The molecule has 3 rings (SSSR count). The van der Waals surface area contributed by atoms with Crippen molar-refractivity contribution >= 4 is 22.9 Å². The molecule has 20 heavy (non-hydrogen) atoms. The maximum absolute atomic E-state index is 13.5. The van der Waals surface area contributed by atoms with E-state index in [1.54, 1.807) is 12.1 Å². The van der Waals surface area contributed by atoms with E-state index in [2.05, 4.69) is 10.3 Å². The lowest BCUT2D eigenvalue weighted by molar-refractivity contribution is 0.102. The molecule has 0 saturated carbocycles. The van der Waals surface area contributed by atoms with E-state index in [1.807, 2.05) is 17.5 Å². The molecule has 3 aromatic rings. The number of nitrogens with one attached hydrogen (secondary N) is 1. The van der Waals surface area contributed by atoms with Crippen LogP contribution in [-0.2, 0) is 0 Å². The Labute approximate surface area is 117 Å². The molecule has 1 N–H and O–H groups in total. The van der Waals surface area contributed by atoms with E-state index in [9.17, 15) is 9.18 Å². The van der Waals surface area contributed by atoms with Crippen molar-refractivity contribution in [2.45, 2.75) is 0 Å². The third-order valence-electron chi connectivity index (χ3n) is 2.65. The summed E-state index contributed by atoms with van der Waals surface area (Å²) in [5.41, 5.74) is 0.244. The van der Waals surface area contributed by atoms with Crippen molar-refractivity contribution in [2.75, 3.05) is 5.32 Å². The normalized spacial score (nSPS) is 10.4. The van der Waals surface area contributed by atoms with Crippen LogP contribution in [0.25, 0.3) is 10.6 Å². The Morgan fingerprint density at radius 3 is 2.85 bits per heavy atom. The van der Waals surface area contributed by atoms with Crippen LogP contribution in [0.15, 0.2) is 52.6 Å². The lowest BCUT2D eigenvalue weighted by atomic mass is 10.2. The van der Waals surface area contributed by atoms with E-state index in [4.69, 9.17) is 4.42 Å². The van der Waals surface area contributed by atoms with Gasteiger partial charge in [-0.1, -0.05) is 18.2 Å². The van der Waals surface area contributed by atoms with Gasteiger partial charge in [0.05, 0.1) is 10.6 Å². The highest BCUT2D eigenvalue weighted by Crippen LogP contribution is 2.28. The Bertz CT molecular complexity index is 737. The zero-order valence-electron chi connectivity index (χ0n) is 10.2. The molecule has 0 aliphatic rings. The van der Waals surface area contributed by atoms with Gasteiger partial charge in [0.2, 0.25) is 0 Å². The number of hydrogen-bond donors (Lipinski definition) is 1. The van der Waals surface area contributed by atoms with Crippen molar-refractivity contribution in [1.82, 2.24) is 4.98 Å². The molecule has 1 aromatic carbocycles. The van der Waals surface area contributed by atoms with Gasteiger partial charge in [-0.25, -0.2) is 9.37 Å². The molecule has 0 bridgehead atoms. The molecule has 0 saturated heterocycles. The van der Waals surface area contributed by atoms with Crippen molar-refractivity contribution in [2.24, 2.45) is 0 Å². The number of nitrogens with zero attached hydrogens (tertiary/aromatic N) is 1. The van der Waals surface area contributed by atoms with Gasteiger partial charge >= 0.3 is 0 Å². The first-order valence-corrected chi connectivity index (χ1v) is 6.67. The lowest BCUT2D eigenvalue weighted by Gasteiger charge is -2.04. The van der Waals surface area contributed by atoms with Crippen LogP contribution in [0.2, 0.25) is 0 Å². The molecule has 0 spiro atoms. The molecule has 0 fully saturated rings. The van der Waals surface area contributed by atoms with Crippen molar-refractivity contribution in [1.29, 1.82) is 0 Å². The van der Waals surface area contributed by atoms with E-state index in [0.717, 1.165) is 4.88 Å². The summed E-state index contributed by atoms with van der Waals surface area (Å²) in [6, 6.07) is 9.63. The Morgan fingerprint density at radius 1 is 1.25 bits per heavy atom. The van der Waals surface area contributed by atoms with Gasteiger partial charge in [-0.05, 0) is 23.6 Å². The van der Waals surface area contributed by atoms with E-state index in [0.29, 0.717) is 5.76 Å². The van der Waals surface area contributed by atoms with Gasteiger partial charge in [-0.2, -0.15) is 0 Å². The van der Waals surface area contributed by atoms with Crippen LogP contribution >= 0.6 is 11.3 Å². The maximum atomic E-state index is 13.5. The van der Waals surface area contributed by atoms with Crippen LogP contribution in [0.1, 0.15) is 10.5 Å². The number of thiophene rings is 1. The number of para-hydroxylation sites is 1. The topological polar surface area (TPSA) is 55.1 Å². The fourth-order valence-corrected chi connectivity index (χ4v) is 2.45. The highest BCUT2D eigenvalue weighted by Gasteiger charge is 2.19. The molecule has 0 aliphatic heterocycles. The molecular formula is C14H9FN2O2S. The molecule has 0 unspecified atom stereocenters. The summed E-state index contributed by atoms with van der Waals surface area (Å²) in [5, 5.41) is 4.35. The largest absolute Gasteiger partial charge is 0.442 e. The van der Waals surface area contributed by atoms with Gasteiger partial charge in [-0.3, -0.25) is 4.79 Å². The van der Waals surface area contributed by atoms with Gasteiger partial charge in [0.1, 0.15) is 5.82 Å². The predicted molar refractivity (Wildman–Crippen MR) is 74.2 cm³/mol. The molecule has 4 nitrogen and oxygen atoms in total. The monoisotopic (exact) mass is 288 g/mol. The number of halogens is 1. The number of carbonyl (C=O) groups excluding carboxylic acids is 1. The summed E-state index contributed by atoms with van der Waals surface area (Å²) >= 11 is 1.43. The van der Waals surface area contributed by atoms with Crippen LogP contribution in [-0.4, -0.2) is 10.9 Å². The first-order chi connectivity index (χ1) is 9.75. The second-order valence-corrected chi connectivity index (χ2v) is 4.89. The van der Waals surface area contributed by atoms with Crippen LogP contribution < -0.4 is 5.32 Å². The van der Waals surface area contributed by atoms with Gasteiger partial charge in [0.15, 0.2) is 17.8 Å². The van der Waals surface area contributed by atoms with E-state index >= 15 is 0 Å². The van der Waals surface area contributed by atoms with Crippen LogP contribution in [0, 0.1) is 5.82 Å². The SMILES string of the molecule is O=C(Nc1ccccc1F)c1ncoc1-c1cccs1. The van der Waals surface area contributed by atoms with Crippen LogP contribution in [0.5, 0.6) is 0 Å². The standard InChI is InChI=1S/C14H9FN2O2S/c15-9-4-1-2-5-10(9)17-14(18)12-13(19-8-16-12)11-6-3-7-20-11/h1-8H,(H,17,18). The molecule has 0 aliphatic carbocycles. The maximum Gasteiger partial charge on any atom is 0.278 e. The average Bonchev–Trinajstić information content (AvgIpc) is 3.11. The number of oxazole rings is 1. The number of amides is 1. The Kier molecular flexibility index (Phi) is 3.30. The summed E-state index contributed by atoms with van der Waals surface area (Å²) in [4.78, 5) is 16.8. The number of carbonyl (C=O) groups is 1. The smallest absolute Gasteiger partial charge is 0.278 e. The van der Waals surface area contributed by atoms with Gasteiger partial charge in [-0.15, -0.1) is 11.3 Å². The number of hydrogen-bond acceptors (Lipinski definition) is 4. The first-order valence-electron chi connectivity index (χ1n) is 5.79. The third kappa shape index (κ3) is 2.33. The Hall–Kier alpha value is -2.47. The highest BCUT2D eigenvalue weighted by atomic mass is 32.1. The summed E-state index contributed by atoms with van der Waals surface area (Å²) in [7, 11) is 0. The van der Waals surface area contributed by atoms with E-state index < -0.39 is 11.7 Å². The quantitative estimate of drug-likeness (QED) is 0.797. The molecule has 1 amide bonds. The molecule has 100 valence electrons. The van der Waals surface area contributed by atoms with Crippen LogP contribution in [0.4, 0.5) is 10.1 Å². The Balaban J connectivity index is 1.89. The van der Waals surface area contributed by atoms with Crippen molar-refractivity contribution in [3.63, 3.8) is 0 Å². The van der Waals surface area contributed by atoms with Crippen molar-refractivity contribution < 1.29 is 13.6 Å². The minimum Gasteiger partial charge on any atom is -0.442 e. The fraction of sp³-hybridized carbons (Fsp3) is 0. The third-order valence-corrected chi connectivity index (χ3v) is 3.52.